The molecule has 0 aliphatic rings. The third-order valence-corrected chi connectivity index (χ3v) is 4.26. The first-order chi connectivity index (χ1) is 13.5. The molecule has 7 heteroatoms. The molecule has 0 fully saturated rings. The van der Waals surface area contributed by atoms with Gasteiger partial charge in [0.1, 0.15) is 6.04 Å². The Bertz CT molecular complexity index is 605. The van der Waals surface area contributed by atoms with Gasteiger partial charge in [-0.3, -0.25) is 4.79 Å². The van der Waals surface area contributed by atoms with E-state index < -0.39 is 6.04 Å². The predicted molar refractivity (Wildman–Crippen MR) is 122 cm³/mol. The van der Waals surface area contributed by atoms with Crippen molar-refractivity contribution in [3.05, 3.63) is 11.9 Å². The summed E-state index contributed by atoms with van der Waals surface area (Å²) in [7, 11) is 1.36. The molecule has 0 spiro atoms. The van der Waals surface area contributed by atoms with E-state index >= 15 is 0 Å². The number of ether oxygens (including phenoxy) is 1. The number of nitrogens with zero attached hydrogens (tertiary/aromatic N) is 1. The number of aryl methyl sites for hydroxylation is 1. The molecule has 1 atom stereocenters. The molecule has 0 radical (unpaired) electrons. The third kappa shape index (κ3) is 17.7. The molecule has 1 unspecified atom stereocenters. The Hall–Kier alpha value is -2.15. The van der Waals surface area contributed by atoms with Crippen molar-refractivity contribution in [1.82, 2.24) is 9.97 Å². The maximum absolute atomic E-state index is 10.9. The molecule has 0 saturated carbocycles. The average Bonchev–Trinajstić information content (AvgIpc) is 3.12. The van der Waals surface area contributed by atoms with Crippen molar-refractivity contribution in [2.24, 2.45) is 5.73 Å². The highest BCUT2D eigenvalue weighted by Crippen LogP contribution is 2.08. The molecule has 1 rings (SSSR count). The van der Waals surface area contributed by atoms with Crippen LogP contribution in [0.1, 0.15) is 76.3 Å². The maximum atomic E-state index is 10.9. The number of aromatic amines is 1. The van der Waals surface area contributed by atoms with Crippen LogP contribution < -0.4 is 11.5 Å². The summed E-state index contributed by atoms with van der Waals surface area (Å²) in [6.07, 6.45) is 24.5. The second-order valence-corrected chi connectivity index (χ2v) is 6.70. The van der Waals surface area contributed by atoms with E-state index in [1.807, 2.05) is 0 Å². The first kappa shape index (κ1) is 29.1. The minimum atomic E-state index is -0.465. The molecule has 29 heavy (non-hydrogen) atoms. The lowest BCUT2D eigenvalue weighted by molar-refractivity contribution is -0.142. The summed E-state index contributed by atoms with van der Waals surface area (Å²) in [5.41, 5.74) is 12.1. The van der Waals surface area contributed by atoms with Crippen molar-refractivity contribution in [3.63, 3.8) is 0 Å². The smallest absolute Gasteiger partial charge is 0.322 e. The van der Waals surface area contributed by atoms with Gasteiger partial charge in [0, 0.05) is 18.5 Å². The molecule has 1 aromatic heterocycles. The minimum Gasteiger partial charge on any atom is -0.468 e. The van der Waals surface area contributed by atoms with Crippen molar-refractivity contribution in [2.75, 3.05) is 12.8 Å². The number of carbonyl (C=O) groups excluding carboxylic acids is 1. The van der Waals surface area contributed by atoms with E-state index in [1.165, 1.54) is 26.4 Å². The third-order valence-electron chi connectivity index (χ3n) is 4.26. The van der Waals surface area contributed by atoms with E-state index in [-0.39, 0.29) is 18.4 Å². The molecule has 0 aliphatic heterocycles. The summed E-state index contributed by atoms with van der Waals surface area (Å²) in [4.78, 5) is 17.9. The molecular formula is C22H37ClN4O2. The highest BCUT2D eigenvalue weighted by molar-refractivity contribution is 5.85. The Labute approximate surface area is 182 Å². The van der Waals surface area contributed by atoms with Gasteiger partial charge in [-0.1, -0.05) is 32.1 Å². The average molecular weight is 425 g/mol. The number of rotatable bonds is 13. The van der Waals surface area contributed by atoms with Crippen LogP contribution in [0.2, 0.25) is 0 Å². The van der Waals surface area contributed by atoms with E-state index in [0.29, 0.717) is 12.4 Å². The number of nitrogen functional groups attached to an aromatic ring is 1. The number of esters is 1. The summed E-state index contributed by atoms with van der Waals surface area (Å²) < 4.78 is 4.52. The predicted octanol–water partition coefficient (Wildman–Crippen LogP) is 4.00. The first-order valence-electron chi connectivity index (χ1n) is 10.0. The second-order valence-electron chi connectivity index (χ2n) is 6.70. The van der Waals surface area contributed by atoms with E-state index in [2.05, 4.69) is 26.5 Å². The van der Waals surface area contributed by atoms with E-state index in [0.717, 1.165) is 57.1 Å². The van der Waals surface area contributed by atoms with Crippen molar-refractivity contribution < 1.29 is 9.53 Å². The number of unbranched alkanes of at least 4 members (excludes halogenated alkanes) is 8. The molecule has 0 bridgehead atoms. The fourth-order valence-electron chi connectivity index (χ4n) is 2.61. The van der Waals surface area contributed by atoms with Gasteiger partial charge < -0.3 is 21.2 Å². The lowest BCUT2D eigenvalue weighted by Gasteiger charge is -2.07. The summed E-state index contributed by atoms with van der Waals surface area (Å²) in [6.45, 7) is 0. The largest absolute Gasteiger partial charge is 0.468 e. The Morgan fingerprint density at radius 1 is 1.10 bits per heavy atom. The Morgan fingerprint density at radius 2 is 1.66 bits per heavy atom. The summed E-state index contributed by atoms with van der Waals surface area (Å²) in [5, 5.41) is 0. The molecule has 0 amide bonds. The zero-order valence-electron chi connectivity index (χ0n) is 17.6. The van der Waals surface area contributed by atoms with Gasteiger partial charge in [0.2, 0.25) is 0 Å². The number of imidazole rings is 1. The minimum absolute atomic E-state index is 0. The van der Waals surface area contributed by atoms with Gasteiger partial charge in [-0.2, -0.15) is 0 Å². The van der Waals surface area contributed by atoms with Crippen molar-refractivity contribution in [3.8, 4) is 24.7 Å². The maximum Gasteiger partial charge on any atom is 0.322 e. The number of hydrogen-bond donors (Lipinski definition) is 3. The van der Waals surface area contributed by atoms with Gasteiger partial charge >= 0.3 is 5.97 Å². The number of aromatic nitrogens is 2. The summed E-state index contributed by atoms with van der Waals surface area (Å²) >= 11 is 0. The van der Waals surface area contributed by atoms with E-state index in [1.54, 1.807) is 6.20 Å². The molecular weight excluding hydrogens is 388 g/mol. The normalized spacial score (nSPS) is 10.5. The zero-order chi connectivity index (χ0) is 21.0. The number of anilines is 1. The van der Waals surface area contributed by atoms with Gasteiger partial charge in [0.25, 0.3) is 0 Å². The Kier molecular flexibility index (Phi) is 20.6. The molecule has 0 saturated heterocycles. The monoisotopic (exact) mass is 424 g/mol. The van der Waals surface area contributed by atoms with Gasteiger partial charge in [-0.15, -0.1) is 37.1 Å². The summed E-state index contributed by atoms with van der Waals surface area (Å²) in [5.74, 6) is 5.42. The highest BCUT2D eigenvalue weighted by atomic mass is 35.5. The number of nitrogens with two attached hydrogens (primary N) is 2. The Morgan fingerprint density at radius 3 is 2.14 bits per heavy atom. The number of methoxy groups -OCH3 is 1. The van der Waals surface area contributed by atoms with Crippen LogP contribution >= 0.6 is 12.4 Å². The second kappa shape index (κ2) is 20.6. The quantitative estimate of drug-likeness (QED) is 0.252. The van der Waals surface area contributed by atoms with Gasteiger partial charge in [-0.25, -0.2) is 4.98 Å². The molecule has 1 heterocycles. The van der Waals surface area contributed by atoms with Crippen LogP contribution in [0.15, 0.2) is 6.20 Å². The van der Waals surface area contributed by atoms with Crippen molar-refractivity contribution >= 4 is 24.3 Å². The standard InChI is InChI=1S/C11H17N3.C11H19NO2.ClH/c1-2-3-4-5-6-7-8-10-9-13-11(12)14-10;1-3-4-5-6-7-8-9-10(12)11(13)14-2;/h1,9H,3-8H2,(H3,12,13,14);1,10H,4-9,12H2,2H3;1H. The topological polar surface area (TPSA) is 107 Å². The van der Waals surface area contributed by atoms with Crippen LogP contribution in [0.3, 0.4) is 0 Å². The summed E-state index contributed by atoms with van der Waals surface area (Å²) in [6, 6.07) is -0.465. The lowest BCUT2D eigenvalue weighted by atomic mass is 10.1. The molecule has 164 valence electrons. The van der Waals surface area contributed by atoms with Crippen LogP contribution in [0.4, 0.5) is 5.95 Å². The van der Waals surface area contributed by atoms with E-state index in [9.17, 15) is 4.79 Å². The van der Waals surface area contributed by atoms with Crippen LogP contribution in [-0.2, 0) is 16.0 Å². The molecule has 6 nitrogen and oxygen atoms in total. The highest BCUT2D eigenvalue weighted by Gasteiger charge is 2.12. The van der Waals surface area contributed by atoms with Crippen LogP contribution in [-0.4, -0.2) is 29.1 Å². The lowest BCUT2D eigenvalue weighted by Crippen LogP contribution is -2.31. The number of carbonyl (C=O) groups is 1. The number of halogens is 1. The molecule has 5 N–H and O–H groups in total. The van der Waals surface area contributed by atoms with Crippen LogP contribution in [0.5, 0.6) is 0 Å². The van der Waals surface area contributed by atoms with Crippen LogP contribution in [0, 0.1) is 24.7 Å². The SMILES string of the molecule is C#CCCCCCCC(N)C(=O)OC.C#CCCCCCCc1cnc(N)[nH]1.Cl. The molecule has 0 aromatic carbocycles. The Balaban J connectivity index is 0. The van der Waals surface area contributed by atoms with Crippen molar-refractivity contribution in [1.29, 1.82) is 0 Å². The van der Waals surface area contributed by atoms with Crippen LogP contribution in [0.25, 0.3) is 0 Å². The number of terminal acetylenes is 2. The van der Waals surface area contributed by atoms with Crippen molar-refractivity contribution in [2.45, 2.75) is 83.1 Å². The number of nitrogens with one attached hydrogen (secondary N) is 1. The van der Waals surface area contributed by atoms with Gasteiger partial charge in [0.05, 0.1) is 13.3 Å². The van der Waals surface area contributed by atoms with E-state index in [4.69, 9.17) is 24.3 Å². The van der Waals surface area contributed by atoms with Gasteiger partial charge in [-0.05, 0) is 32.1 Å². The molecule has 0 aliphatic carbocycles. The first-order valence-corrected chi connectivity index (χ1v) is 10.0. The fraction of sp³-hybridized carbons (Fsp3) is 0.636. The fourth-order valence-corrected chi connectivity index (χ4v) is 2.61. The molecule has 1 aromatic rings. The zero-order valence-corrected chi connectivity index (χ0v) is 18.4. The number of hydrogen-bond acceptors (Lipinski definition) is 5. The van der Waals surface area contributed by atoms with Gasteiger partial charge in [0.15, 0.2) is 5.95 Å². The number of H-pyrrole nitrogens is 1.